The second kappa shape index (κ2) is 13.0. The molecule has 0 aromatic heterocycles. The summed E-state index contributed by atoms with van der Waals surface area (Å²) in [5, 5.41) is 0. The molecular weight excluding hydrogens is 194 g/mol. The first-order valence-electron chi connectivity index (χ1n) is 4.66. The van der Waals surface area contributed by atoms with Crippen LogP contribution in [0.3, 0.4) is 0 Å². The van der Waals surface area contributed by atoms with Crippen molar-refractivity contribution in [2.24, 2.45) is 5.84 Å². The second-order valence-corrected chi connectivity index (χ2v) is 3.69. The zero-order valence-electron chi connectivity index (χ0n) is 7.83. The fourth-order valence-electron chi connectivity index (χ4n) is 1.09. The van der Waals surface area contributed by atoms with Gasteiger partial charge in [0.1, 0.15) is 0 Å². The molecular formula is C8H20N2NaOP. The third kappa shape index (κ3) is 13.0. The molecule has 74 valence electrons. The summed E-state index contributed by atoms with van der Waals surface area (Å²) in [5.74, 6) is 5.32. The van der Waals surface area contributed by atoms with Crippen molar-refractivity contribution >= 4 is 38.2 Å². The van der Waals surface area contributed by atoms with Crippen molar-refractivity contribution in [1.82, 2.24) is 4.78 Å². The molecule has 3 nitrogen and oxygen atoms in total. The molecule has 0 aliphatic heterocycles. The van der Waals surface area contributed by atoms with Crippen LogP contribution in [0.25, 0.3) is 0 Å². The summed E-state index contributed by atoms with van der Waals surface area (Å²) in [4.78, 5) is 0. The molecule has 13 heavy (non-hydrogen) atoms. The Bertz CT molecular complexity index is 116. The monoisotopic (exact) mass is 214 g/mol. The van der Waals surface area contributed by atoms with E-state index in [4.69, 9.17) is 5.84 Å². The van der Waals surface area contributed by atoms with Gasteiger partial charge in [-0.25, -0.2) is 0 Å². The van der Waals surface area contributed by atoms with E-state index in [-0.39, 0.29) is 38.2 Å². The van der Waals surface area contributed by atoms with Crippen molar-refractivity contribution in [1.29, 1.82) is 0 Å². The van der Waals surface area contributed by atoms with E-state index in [1.165, 1.54) is 36.9 Å². The van der Waals surface area contributed by atoms with Crippen LogP contribution in [-0.4, -0.2) is 40.9 Å². The van der Waals surface area contributed by atoms with Crippen molar-refractivity contribution in [2.45, 2.75) is 45.4 Å². The first-order chi connectivity index (χ1) is 5.81. The van der Waals surface area contributed by atoms with Crippen molar-refractivity contribution in [3.05, 3.63) is 0 Å². The van der Waals surface area contributed by atoms with Gasteiger partial charge in [-0.3, -0.25) is 10.4 Å². The summed E-state index contributed by atoms with van der Waals surface area (Å²) in [6, 6.07) is 0. The predicted molar refractivity (Wildman–Crippen MR) is 59.0 cm³/mol. The van der Waals surface area contributed by atoms with Crippen molar-refractivity contribution in [2.75, 3.05) is 6.54 Å². The number of hydrogen-bond acceptors (Lipinski definition) is 2. The zero-order chi connectivity index (χ0) is 9.23. The molecule has 0 bridgehead atoms. The van der Waals surface area contributed by atoms with E-state index in [9.17, 15) is 4.57 Å². The molecule has 0 fully saturated rings. The minimum absolute atomic E-state index is 0. The zero-order valence-corrected chi connectivity index (χ0v) is 8.72. The number of hydrogen-bond donors (Lipinski definition) is 1. The molecule has 0 saturated heterocycles. The normalized spacial score (nSPS) is 10.4. The molecule has 0 saturated carbocycles. The van der Waals surface area contributed by atoms with E-state index in [0.29, 0.717) is 0 Å². The fourth-order valence-corrected chi connectivity index (χ4v) is 1.32. The summed E-state index contributed by atoms with van der Waals surface area (Å²) >= 11 is 0. The molecule has 0 amide bonds. The molecule has 0 aromatic carbocycles. The van der Waals surface area contributed by atoms with Gasteiger partial charge in [-0.2, -0.15) is 4.78 Å². The van der Waals surface area contributed by atoms with Gasteiger partial charge in [0.15, 0.2) is 0 Å². The van der Waals surface area contributed by atoms with Crippen LogP contribution < -0.4 is 5.84 Å². The molecule has 0 aliphatic rings. The minimum atomic E-state index is -0.0705. The third-order valence-corrected chi connectivity index (χ3v) is 2.26. The van der Waals surface area contributed by atoms with E-state index < -0.39 is 0 Å². The SMILES string of the molecule is CCCCCCCCN(N)P=O.[NaH]. The molecule has 0 atom stereocenters. The van der Waals surface area contributed by atoms with Gasteiger partial charge < -0.3 is 0 Å². The Labute approximate surface area is 105 Å². The topological polar surface area (TPSA) is 46.3 Å². The second-order valence-electron chi connectivity index (χ2n) is 3.01. The van der Waals surface area contributed by atoms with Crippen LogP contribution >= 0.6 is 8.61 Å². The van der Waals surface area contributed by atoms with Crippen LogP contribution in [0, 0.1) is 0 Å². The van der Waals surface area contributed by atoms with Gasteiger partial charge in [-0.1, -0.05) is 39.0 Å². The Morgan fingerprint density at radius 2 is 1.69 bits per heavy atom. The summed E-state index contributed by atoms with van der Waals surface area (Å²) < 4.78 is 11.5. The Morgan fingerprint density at radius 3 is 2.23 bits per heavy atom. The van der Waals surface area contributed by atoms with Crippen LogP contribution in [0.2, 0.25) is 0 Å². The van der Waals surface area contributed by atoms with Gasteiger partial charge in [0.2, 0.25) is 0 Å². The van der Waals surface area contributed by atoms with Crippen molar-refractivity contribution < 1.29 is 4.57 Å². The molecule has 0 aromatic rings. The summed E-state index contributed by atoms with van der Waals surface area (Å²) in [7, 11) is -0.0705. The van der Waals surface area contributed by atoms with E-state index in [2.05, 4.69) is 6.92 Å². The molecule has 0 aliphatic carbocycles. The van der Waals surface area contributed by atoms with Crippen molar-refractivity contribution in [3.63, 3.8) is 0 Å². The molecule has 0 unspecified atom stereocenters. The average Bonchev–Trinajstić information content (AvgIpc) is 2.10. The molecule has 5 heteroatoms. The van der Waals surface area contributed by atoms with E-state index in [1.807, 2.05) is 0 Å². The van der Waals surface area contributed by atoms with Gasteiger partial charge in [0.25, 0.3) is 8.61 Å². The molecule has 0 radical (unpaired) electrons. The van der Waals surface area contributed by atoms with Crippen LogP contribution in [0.15, 0.2) is 0 Å². The summed E-state index contributed by atoms with van der Waals surface area (Å²) in [6.45, 7) is 2.94. The maximum atomic E-state index is 10.2. The van der Waals surface area contributed by atoms with E-state index in [0.717, 1.165) is 13.0 Å². The number of rotatable bonds is 8. The molecule has 0 rings (SSSR count). The molecule has 2 N–H and O–H groups in total. The fraction of sp³-hybridized carbons (Fsp3) is 1.00. The van der Waals surface area contributed by atoms with Gasteiger partial charge in [-0.05, 0) is 6.42 Å². The Kier molecular flexibility index (Phi) is 16.5. The van der Waals surface area contributed by atoms with E-state index >= 15 is 0 Å². The number of unbranched alkanes of at least 4 members (excludes halogenated alkanes) is 5. The van der Waals surface area contributed by atoms with Gasteiger partial charge >= 0.3 is 29.6 Å². The molecule has 0 heterocycles. The summed E-state index contributed by atoms with van der Waals surface area (Å²) in [5.41, 5.74) is 0. The first-order valence-corrected chi connectivity index (χ1v) is 5.43. The first kappa shape index (κ1) is 16.4. The summed E-state index contributed by atoms with van der Waals surface area (Å²) in [6.07, 6.45) is 7.45. The van der Waals surface area contributed by atoms with Crippen LogP contribution in [-0.2, 0) is 4.57 Å². The quantitative estimate of drug-likeness (QED) is 0.221. The predicted octanol–water partition coefficient (Wildman–Crippen LogP) is 2.08. The number of nitrogens with zero attached hydrogens (tertiary/aromatic N) is 1. The van der Waals surface area contributed by atoms with Crippen LogP contribution in [0.4, 0.5) is 0 Å². The van der Waals surface area contributed by atoms with E-state index in [1.54, 1.807) is 0 Å². The van der Waals surface area contributed by atoms with Gasteiger partial charge in [-0.15, -0.1) is 0 Å². The third-order valence-electron chi connectivity index (χ3n) is 1.85. The van der Waals surface area contributed by atoms with Crippen LogP contribution in [0.1, 0.15) is 45.4 Å². The average molecular weight is 214 g/mol. The van der Waals surface area contributed by atoms with Crippen LogP contribution in [0.5, 0.6) is 0 Å². The molecule has 0 spiro atoms. The Hall–Kier alpha value is 1.02. The standard InChI is InChI=1S/C8H19N2OP.Na.H/c1-2-3-4-5-6-7-8-10(9)12-11;;/h2-9H2,1H3;;. The number of nitrogens with two attached hydrogens (primary N) is 1. The Balaban J connectivity index is 0. The Morgan fingerprint density at radius 1 is 1.15 bits per heavy atom. The van der Waals surface area contributed by atoms with Gasteiger partial charge in [0, 0.05) is 6.54 Å². The van der Waals surface area contributed by atoms with Gasteiger partial charge in [0.05, 0.1) is 0 Å². The number of hydrazine groups is 1. The van der Waals surface area contributed by atoms with Crippen molar-refractivity contribution in [3.8, 4) is 0 Å². The maximum absolute atomic E-state index is 10.2.